The first-order valence-corrected chi connectivity index (χ1v) is 5.98. The van der Waals surface area contributed by atoms with Crippen molar-refractivity contribution >= 4 is 5.97 Å². The van der Waals surface area contributed by atoms with E-state index in [0.717, 1.165) is 0 Å². The van der Waals surface area contributed by atoms with E-state index >= 15 is 0 Å². The van der Waals surface area contributed by atoms with E-state index in [1.807, 2.05) is 6.92 Å². The van der Waals surface area contributed by atoms with Gasteiger partial charge in [-0.15, -0.1) is 0 Å². The van der Waals surface area contributed by atoms with Crippen LogP contribution in [-0.4, -0.2) is 35.9 Å². The third-order valence-electron chi connectivity index (χ3n) is 2.62. The number of phenols is 1. The maximum atomic E-state index is 10.8. The molecule has 0 aromatic heterocycles. The van der Waals surface area contributed by atoms with Crippen LogP contribution >= 0.6 is 0 Å². The standard InChI is InChI=1S/C13H19NO4/c1-2-10(13(16)17)9-14-7-8-18-12-5-3-11(15)4-6-12/h3-6,10,14-15H,2,7-9H2,1H3,(H,16,17). The van der Waals surface area contributed by atoms with Gasteiger partial charge in [0.15, 0.2) is 0 Å². The fraction of sp³-hybridized carbons (Fsp3) is 0.462. The molecule has 1 aromatic rings. The Bertz CT molecular complexity index is 364. The molecular weight excluding hydrogens is 234 g/mol. The molecule has 1 rings (SSSR count). The van der Waals surface area contributed by atoms with Crippen LogP contribution in [0.3, 0.4) is 0 Å². The average Bonchev–Trinajstić information content (AvgIpc) is 2.35. The van der Waals surface area contributed by atoms with Crippen LogP contribution in [0.15, 0.2) is 24.3 Å². The van der Waals surface area contributed by atoms with Crippen LogP contribution in [0.2, 0.25) is 0 Å². The van der Waals surface area contributed by atoms with Gasteiger partial charge in [0.25, 0.3) is 0 Å². The van der Waals surface area contributed by atoms with Gasteiger partial charge in [-0.3, -0.25) is 4.79 Å². The highest BCUT2D eigenvalue weighted by atomic mass is 16.5. The quantitative estimate of drug-likeness (QED) is 0.611. The summed E-state index contributed by atoms with van der Waals surface area (Å²) in [5.41, 5.74) is 0. The van der Waals surface area contributed by atoms with Crippen molar-refractivity contribution in [2.24, 2.45) is 5.92 Å². The number of aliphatic carboxylic acids is 1. The zero-order valence-electron chi connectivity index (χ0n) is 10.4. The normalized spacial score (nSPS) is 12.1. The monoisotopic (exact) mass is 253 g/mol. The number of hydrogen-bond donors (Lipinski definition) is 3. The molecule has 0 amide bonds. The Morgan fingerprint density at radius 1 is 1.39 bits per heavy atom. The van der Waals surface area contributed by atoms with E-state index in [0.29, 0.717) is 31.9 Å². The van der Waals surface area contributed by atoms with Gasteiger partial charge in [-0.05, 0) is 30.7 Å². The van der Waals surface area contributed by atoms with Gasteiger partial charge in [0, 0.05) is 13.1 Å². The van der Waals surface area contributed by atoms with Gasteiger partial charge in [-0.2, -0.15) is 0 Å². The summed E-state index contributed by atoms with van der Waals surface area (Å²) in [7, 11) is 0. The number of aromatic hydroxyl groups is 1. The number of benzene rings is 1. The van der Waals surface area contributed by atoms with Crippen LogP contribution in [0.25, 0.3) is 0 Å². The number of phenolic OH excluding ortho intramolecular Hbond substituents is 1. The van der Waals surface area contributed by atoms with E-state index in [-0.39, 0.29) is 11.7 Å². The van der Waals surface area contributed by atoms with Crippen molar-refractivity contribution in [3.05, 3.63) is 24.3 Å². The smallest absolute Gasteiger partial charge is 0.307 e. The van der Waals surface area contributed by atoms with Crippen molar-refractivity contribution in [2.45, 2.75) is 13.3 Å². The van der Waals surface area contributed by atoms with E-state index in [1.165, 1.54) is 0 Å². The highest BCUT2D eigenvalue weighted by Gasteiger charge is 2.13. The molecule has 0 fully saturated rings. The topological polar surface area (TPSA) is 78.8 Å². The minimum absolute atomic E-state index is 0.202. The van der Waals surface area contributed by atoms with Crippen LogP contribution in [0.4, 0.5) is 0 Å². The second-order valence-electron chi connectivity index (χ2n) is 3.99. The Hall–Kier alpha value is -1.75. The lowest BCUT2D eigenvalue weighted by molar-refractivity contribution is -0.141. The number of nitrogens with one attached hydrogen (secondary N) is 1. The van der Waals surface area contributed by atoms with Crippen molar-refractivity contribution in [2.75, 3.05) is 19.7 Å². The van der Waals surface area contributed by atoms with Gasteiger partial charge in [0.05, 0.1) is 5.92 Å². The second-order valence-corrected chi connectivity index (χ2v) is 3.99. The number of carbonyl (C=O) groups is 1. The number of hydrogen-bond acceptors (Lipinski definition) is 4. The maximum absolute atomic E-state index is 10.8. The molecule has 1 aromatic carbocycles. The van der Waals surface area contributed by atoms with E-state index in [9.17, 15) is 4.79 Å². The Morgan fingerprint density at radius 2 is 2.06 bits per heavy atom. The largest absolute Gasteiger partial charge is 0.508 e. The van der Waals surface area contributed by atoms with Crippen LogP contribution in [0, 0.1) is 5.92 Å². The zero-order valence-corrected chi connectivity index (χ0v) is 10.4. The van der Waals surface area contributed by atoms with Crippen molar-refractivity contribution in [1.82, 2.24) is 5.32 Å². The number of rotatable bonds is 8. The molecule has 0 bridgehead atoms. The highest BCUT2D eigenvalue weighted by molar-refractivity contribution is 5.70. The molecule has 5 nitrogen and oxygen atoms in total. The second kappa shape index (κ2) is 7.55. The first kappa shape index (κ1) is 14.3. The average molecular weight is 253 g/mol. The molecule has 0 aliphatic carbocycles. The molecule has 3 N–H and O–H groups in total. The third kappa shape index (κ3) is 5.05. The van der Waals surface area contributed by atoms with Crippen molar-refractivity contribution in [3.8, 4) is 11.5 Å². The summed E-state index contributed by atoms with van der Waals surface area (Å²) in [4.78, 5) is 10.8. The Morgan fingerprint density at radius 3 is 2.61 bits per heavy atom. The highest BCUT2D eigenvalue weighted by Crippen LogP contribution is 2.15. The first-order chi connectivity index (χ1) is 8.63. The molecule has 0 saturated carbocycles. The Balaban J connectivity index is 2.15. The summed E-state index contributed by atoms with van der Waals surface area (Å²) in [6.07, 6.45) is 0.612. The summed E-state index contributed by atoms with van der Waals surface area (Å²) in [5.74, 6) is -0.240. The van der Waals surface area contributed by atoms with Gasteiger partial charge >= 0.3 is 5.97 Å². The predicted molar refractivity (Wildman–Crippen MR) is 67.9 cm³/mol. The first-order valence-electron chi connectivity index (χ1n) is 5.98. The summed E-state index contributed by atoms with van der Waals surface area (Å²) >= 11 is 0. The molecule has 1 atom stereocenters. The SMILES string of the molecule is CCC(CNCCOc1ccc(O)cc1)C(=O)O. The lowest BCUT2D eigenvalue weighted by Crippen LogP contribution is -2.30. The molecule has 0 saturated heterocycles. The number of carboxylic acid groups (broad SMARTS) is 1. The van der Waals surface area contributed by atoms with Crippen LogP contribution < -0.4 is 10.1 Å². The molecule has 0 heterocycles. The van der Waals surface area contributed by atoms with Crippen LogP contribution in [-0.2, 0) is 4.79 Å². The van der Waals surface area contributed by atoms with Gasteiger partial charge < -0.3 is 20.3 Å². The van der Waals surface area contributed by atoms with Crippen molar-refractivity contribution < 1.29 is 19.7 Å². The van der Waals surface area contributed by atoms with Crippen LogP contribution in [0.1, 0.15) is 13.3 Å². The van der Waals surface area contributed by atoms with Gasteiger partial charge in [-0.25, -0.2) is 0 Å². The summed E-state index contributed by atoms with van der Waals surface area (Å²) in [5, 5.41) is 21.0. The maximum Gasteiger partial charge on any atom is 0.307 e. The van der Waals surface area contributed by atoms with Gasteiger partial charge in [0.1, 0.15) is 18.1 Å². The molecule has 0 aliphatic heterocycles. The minimum Gasteiger partial charge on any atom is -0.508 e. The minimum atomic E-state index is -0.774. The van der Waals surface area contributed by atoms with E-state index < -0.39 is 5.97 Å². The van der Waals surface area contributed by atoms with Gasteiger partial charge in [-0.1, -0.05) is 6.92 Å². The van der Waals surface area contributed by atoms with Crippen molar-refractivity contribution in [3.63, 3.8) is 0 Å². The molecule has 0 aliphatic rings. The summed E-state index contributed by atoms with van der Waals surface area (Å²) < 4.78 is 5.42. The molecular formula is C13H19NO4. The molecule has 1 unspecified atom stereocenters. The Labute approximate surface area is 106 Å². The molecule has 18 heavy (non-hydrogen) atoms. The predicted octanol–water partition coefficient (Wildman–Crippen LogP) is 1.47. The fourth-order valence-corrected chi connectivity index (χ4v) is 1.47. The van der Waals surface area contributed by atoms with E-state index in [1.54, 1.807) is 24.3 Å². The molecule has 0 spiro atoms. The Kier molecular flexibility index (Phi) is 6.00. The lowest BCUT2D eigenvalue weighted by atomic mass is 10.1. The van der Waals surface area contributed by atoms with E-state index in [4.69, 9.17) is 14.9 Å². The lowest BCUT2D eigenvalue weighted by Gasteiger charge is -2.11. The zero-order chi connectivity index (χ0) is 13.4. The van der Waals surface area contributed by atoms with Crippen molar-refractivity contribution in [1.29, 1.82) is 0 Å². The fourth-order valence-electron chi connectivity index (χ4n) is 1.47. The summed E-state index contributed by atoms with van der Waals surface area (Å²) in [6.45, 7) is 3.35. The molecule has 100 valence electrons. The third-order valence-corrected chi connectivity index (χ3v) is 2.62. The number of carboxylic acids is 1. The number of ether oxygens (including phenoxy) is 1. The van der Waals surface area contributed by atoms with Crippen LogP contribution in [0.5, 0.6) is 11.5 Å². The molecule has 5 heteroatoms. The van der Waals surface area contributed by atoms with Gasteiger partial charge in [0.2, 0.25) is 0 Å². The summed E-state index contributed by atoms with van der Waals surface area (Å²) in [6, 6.07) is 6.48. The molecule has 0 radical (unpaired) electrons. The van der Waals surface area contributed by atoms with E-state index in [2.05, 4.69) is 5.32 Å².